The van der Waals surface area contributed by atoms with E-state index in [0.717, 1.165) is 5.56 Å². The van der Waals surface area contributed by atoms with E-state index >= 15 is 0 Å². The number of methoxy groups -OCH3 is 2. The minimum absolute atomic E-state index is 0.0678. The molecule has 5 heteroatoms. The predicted molar refractivity (Wildman–Crippen MR) is 103 cm³/mol. The predicted octanol–water partition coefficient (Wildman–Crippen LogP) is 4.75. The summed E-state index contributed by atoms with van der Waals surface area (Å²) in [6.07, 6.45) is 0.0678. The molecule has 4 nitrogen and oxygen atoms in total. The number of halogens is 1. The van der Waals surface area contributed by atoms with Crippen molar-refractivity contribution in [2.75, 3.05) is 14.2 Å². The monoisotopic (exact) mass is 378 g/mol. The van der Waals surface area contributed by atoms with Crippen molar-refractivity contribution in [2.45, 2.75) is 12.0 Å². The van der Waals surface area contributed by atoms with E-state index in [1.807, 2.05) is 30.3 Å². The molecule has 142 valence electrons. The molecule has 0 saturated heterocycles. The lowest BCUT2D eigenvalue weighted by molar-refractivity contribution is 0.0609. The molecule has 28 heavy (non-hydrogen) atoms. The van der Waals surface area contributed by atoms with Gasteiger partial charge in [-0.3, -0.25) is 4.79 Å². The smallest absolute Gasteiger partial charge is 0.175 e. The molecule has 0 N–H and O–H groups in total. The molecule has 0 radical (unpaired) electrons. The molecule has 1 unspecified atom stereocenters. The Bertz CT molecular complexity index is 1010. The standard InChI is InChI=1S/C23H19FO4/c1-26-18-12-20(27-2)22-19(25)14-23(28-21(22)13-18,15-6-4-3-5-7-15)16-8-10-17(24)11-9-16/h3-13H,14H2,1-2H3. The molecule has 3 aromatic carbocycles. The van der Waals surface area contributed by atoms with Gasteiger partial charge in [-0.2, -0.15) is 0 Å². The van der Waals surface area contributed by atoms with Crippen LogP contribution >= 0.6 is 0 Å². The number of ether oxygens (including phenoxy) is 3. The second-order valence-electron chi connectivity index (χ2n) is 6.60. The summed E-state index contributed by atoms with van der Waals surface area (Å²) in [5.41, 5.74) is 0.816. The van der Waals surface area contributed by atoms with Gasteiger partial charge in [-0.15, -0.1) is 0 Å². The SMILES string of the molecule is COc1cc(OC)c2c(c1)OC(c1ccccc1)(c1ccc(F)cc1)CC2=O. The Balaban J connectivity index is 1.95. The van der Waals surface area contributed by atoms with Crippen LogP contribution in [-0.2, 0) is 5.60 Å². The van der Waals surface area contributed by atoms with E-state index in [2.05, 4.69) is 0 Å². The van der Waals surface area contributed by atoms with Gasteiger partial charge in [0.05, 0.1) is 20.6 Å². The van der Waals surface area contributed by atoms with Crippen LogP contribution in [0.4, 0.5) is 4.39 Å². The van der Waals surface area contributed by atoms with Crippen LogP contribution in [0.1, 0.15) is 27.9 Å². The van der Waals surface area contributed by atoms with E-state index in [1.54, 1.807) is 24.3 Å². The fourth-order valence-electron chi connectivity index (χ4n) is 3.65. The summed E-state index contributed by atoms with van der Waals surface area (Å²) in [5.74, 6) is 0.832. The molecular weight excluding hydrogens is 359 g/mol. The van der Waals surface area contributed by atoms with Gasteiger partial charge < -0.3 is 14.2 Å². The van der Waals surface area contributed by atoms with Crippen LogP contribution in [0.25, 0.3) is 0 Å². The lowest BCUT2D eigenvalue weighted by Gasteiger charge is -2.39. The maximum Gasteiger partial charge on any atom is 0.175 e. The molecule has 1 aliphatic rings. The third-order valence-electron chi connectivity index (χ3n) is 5.02. The zero-order valence-corrected chi connectivity index (χ0v) is 15.6. The van der Waals surface area contributed by atoms with Gasteiger partial charge in [-0.05, 0) is 12.1 Å². The first-order valence-electron chi connectivity index (χ1n) is 8.87. The maximum absolute atomic E-state index is 13.6. The van der Waals surface area contributed by atoms with Crippen LogP contribution in [0.2, 0.25) is 0 Å². The molecule has 0 saturated carbocycles. The van der Waals surface area contributed by atoms with Crippen molar-refractivity contribution < 1.29 is 23.4 Å². The van der Waals surface area contributed by atoms with Crippen LogP contribution in [0.3, 0.4) is 0 Å². The summed E-state index contributed by atoms with van der Waals surface area (Å²) in [5, 5.41) is 0. The van der Waals surface area contributed by atoms with E-state index < -0.39 is 5.60 Å². The van der Waals surface area contributed by atoms with Crippen LogP contribution in [0.5, 0.6) is 17.2 Å². The molecule has 4 rings (SSSR count). The third-order valence-corrected chi connectivity index (χ3v) is 5.02. The van der Waals surface area contributed by atoms with Gasteiger partial charge in [0.2, 0.25) is 0 Å². The van der Waals surface area contributed by atoms with E-state index in [4.69, 9.17) is 14.2 Å². The van der Waals surface area contributed by atoms with Crippen molar-refractivity contribution in [3.8, 4) is 17.2 Å². The number of ketones is 1. The average molecular weight is 378 g/mol. The van der Waals surface area contributed by atoms with Crippen LogP contribution < -0.4 is 14.2 Å². The number of hydrogen-bond donors (Lipinski definition) is 0. The lowest BCUT2D eigenvalue weighted by Crippen LogP contribution is -2.40. The van der Waals surface area contributed by atoms with Crippen molar-refractivity contribution in [3.63, 3.8) is 0 Å². The first-order chi connectivity index (χ1) is 13.6. The fourth-order valence-corrected chi connectivity index (χ4v) is 3.65. The number of fused-ring (bicyclic) bond motifs is 1. The summed E-state index contributed by atoms with van der Waals surface area (Å²) < 4.78 is 30.8. The largest absolute Gasteiger partial charge is 0.496 e. The molecule has 0 fully saturated rings. The van der Waals surface area contributed by atoms with Crippen molar-refractivity contribution in [3.05, 3.63) is 89.2 Å². The van der Waals surface area contributed by atoms with Gasteiger partial charge in [0.15, 0.2) is 11.4 Å². The Labute approximate surface area is 162 Å². The van der Waals surface area contributed by atoms with E-state index in [0.29, 0.717) is 28.4 Å². The summed E-state index contributed by atoms with van der Waals surface area (Å²) in [6, 6.07) is 18.8. The number of Topliss-reactive ketones (excluding diaryl/α,β-unsaturated/α-hetero) is 1. The van der Waals surface area contributed by atoms with Crippen molar-refractivity contribution >= 4 is 5.78 Å². The summed E-state index contributed by atoms with van der Waals surface area (Å²) >= 11 is 0. The molecular formula is C23H19FO4. The summed E-state index contributed by atoms with van der Waals surface area (Å²) in [4.78, 5) is 13.2. The van der Waals surface area contributed by atoms with Crippen molar-refractivity contribution in [1.29, 1.82) is 0 Å². The molecule has 0 bridgehead atoms. The fraction of sp³-hybridized carbons (Fsp3) is 0.174. The minimum Gasteiger partial charge on any atom is -0.496 e. The number of hydrogen-bond acceptors (Lipinski definition) is 4. The Morgan fingerprint density at radius 3 is 2.25 bits per heavy atom. The highest BCUT2D eigenvalue weighted by atomic mass is 19.1. The Kier molecular flexibility index (Phi) is 4.51. The highest BCUT2D eigenvalue weighted by Crippen LogP contribution is 2.48. The minimum atomic E-state index is -1.07. The lowest BCUT2D eigenvalue weighted by atomic mass is 9.78. The van der Waals surface area contributed by atoms with Crippen molar-refractivity contribution in [1.82, 2.24) is 0 Å². The Hall–Kier alpha value is -3.34. The second-order valence-corrected chi connectivity index (χ2v) is 6.60. The number of rotatable bonds is 4. The normalized spacial score (nSPS) is 18.2. The molecule has 0 amide bonds. The summed E-state index contributed by atoms with van der Waals surface area (Å²) in [6.45, 7) is 0. The van der Waals surface area contributed by atoms with Gasteiger partial charge in [0.25, 0.3) is 0 Å². The zero-order valence-electron chi connectivity index (χ0n) is 15.6. The quantitative estimate of drug-likeness (QED) is 0.657. The van der Waals surface area contributed by atoms with E-state index in [1.165, 1.54) is 26.4 Å². The molecule has 0 aromatic heterocycles. The first kappa shape index (κ1) is 18.0. The number of benzene rings is 3. The average Bonchev–Trinajstić information content (AvgIpc) is 2.73. The van der Waals surface area contributed by atoms with Crippen LogP contribution in [0, 0.1) is 5.82 Å². The third kappa shape index (κ3) is 2.89. The highest BCUT2D eigenvalue weighted by Gasteiger charge is 2.45. The van der Waals surface area contributed by atoms with Gasteiger partial charge in [-0.1, -0.05) is 42.5 Å². The molecule has 1 atom stereocenters. The number of carbonyl (C=O) groups excluding carboxylic acids is 1. The van der Waals surface area contributed by atoms with Crippen LogP contribution in [0.15, 0.2) is 66.7 Å². The van der Waals surface area contributed by atoms with Gasteiger partial charge >= 0.3 is 0 Å². The van der Waals surface area contributed by atoms with Gasteiger partial charge in [0.1, 0.15) is 28.6 Å². The van der Waals surface area contributed by atoms with Crippen LogP contribution in [-0.4, -0.2) is 20.0 Å². The Morgan fingerprint density at radius 2 is 1.61 bits per heavy atom. The highest BCUT2D eigenvalue weighted by molar-refractivity contribution is 6.03. The van der Waals surface area contributed by atoms with E-state index in [9.17, 15) is 9.18 Å². The topological polar surface area (TPSA) is 44.8 Å². The Morgan fingerprint density at radius 1 is 0.929 bits per heavy atom. The maximum atomic E-state index is 13.6. The summed E-state index contributed by atoms with van der Waals surface area (Å²) in [7, 11) is 3.04. The van der Waals surface area contributed by atoms with Gasteiger partial charge in [-0.25, -0.2) is 4.39 Å². The van der Waals surface area contributed by atoms with Gasteiger partial charge in [0, 0.05) is 23.3 Å². The second kappa shape index (κ2) is 7.00. The zero-order chi connectivity index (χ0) is 19.7. The van der Waals surface area contributed by atoms with Crippen molar-refractivity contribution in [2.24, 2.45) is 0 Å². The molecule has 0 spiro atoms. The first-order valence-corrected chi connectivity index (χ1v) is 8.87. The number of carbonyl (C=O) groups is 1. The molecule has 1 aliphatic heterocycles. The molecule has 0 aliphatic carbocycles. The molecule has 3 aromatic rings. The molecule has 1 heterocycles. The van der Waals surface area contributed by atoms with E-state index in [-0.39, 0.29) is 18.0 Å².